The molecule has 0 aliphatic heterocycles. The second-order valence-electron chi connectivity index (χ2n) is 4.48. The molecule has 2 rings (SSSR count). The molecule has 0 fully saturated rings. The van der Waals surface area contributed by atoms with Crippen LogP contribution in [0, 0.1) is 0 Å². The zero-order valence-electron chi connectivity index (χ0n) is 11.0. The smallest absolute Gasteiger partial charge is 0.123 e. The third-order valence-electron chi connectivity index (χ3n) is 3.16. The van der Waals surface area contributed by atoms with Crippen molar-refractivity contribution in [1.29, 1.82) is 0 Å². The van der Waals surface area contributed by atoms with Crippen LogP contribution in [0.2, 0.25) is 0 Å². The third-order valence-corrected chi connectivity index (χ3v) is 4.40. The molecule has 0 saturated heterocycles. The highest BCUT2D eigenvalue weighted by molar-refractivity contribution is 7.80. The monoisotopic (exact) mass is 291 g/mol. The van der Waals surface area contributed by atoms with Crippen LogP contribution in [-0.2, 0) is 6.54 Å². The molecule has 2 N–H and O–H groups in total. The highest BCUT2D eigenvalue weighted by Gasteiger charge is 2.15. The van der Waals surface area contributed by atoms with E-state index in [2.05, 4.69) is 41.4 Å². The van der Waals surface area contributed by atoms with Crippen LogP contribution in [-0.4, -0.2) is 21.9 Å². The molecule has 0 bridgehead atoms. The van der Waals surface area contributed by atoms with Gasteiger partial charge in [-0.3, -0.25) is 9.88 Å². The van der Waals surface area contributed by atoms with Gasteiger partial charge in [-0.15, -0.1) is 11.3 Å². The Hall–Kier alpha value is -1.30. The maximum Gasteiger partial charge on any atom is 0.123 e. The quantitative estimate of drug-likeness (QED) is 0.860. The third kappa shape index (κ3) is 3.37. The van der Waals surface area contributed by atoms with Crippen molar-refractivity contribution in [2.75, 3.05) is 7.05 Å². The van der Waals surface area contributed by atoms with E-state index in [1.165, 1.54) is 4.88 Å². The normalized spacial score (nSPS) is 12.6. The van der Waals surface area contributed by atoms with Crippen LogP contribution < -0.4 is 5.73 Å². The van der Waals surface area contributed by atoms with Crippen molar-refractivity contribution in [3.05, 3.63) is 52.0 Å². The topological polar surface area (TPSA) is 42.2 Å². The summed E-state index contributed by atoms with van der Waals surface area (Å²) in [5.74, 6) is 0. The number of rotatable bonds is 5. The molecular formula is C14H17N3S2. The Balaban J connectivity index is 2.15. The molecule has 0 aliphatic carbocycles. The molecule has 0 aromatic carbocycles. The lowest BCUT2D eigenvalue weighted by Gasteiger charge is -2.24. The van der Waals surface area contributed by atoms with Gasteiger partial charge in [0.05, 0.1) is 0 Å². The summed E-state index contributed by atoms with van der Waals surface area (Å²) in [6.45, 7) is 2.97. The SMILES string of the molecule is CC(c1cccs1)N(C)Cc1cccnc1C(N)=S. The summed E-state index contributed by atoms with van der Waals surface area (Å²) in [5.41, 5.74) is 7.51. The molecule has 0 amide bonds. The Morgan fingerprint density at radius 3 is 2.89 bits per heavy atom. The first-order chi connectivity index (χ1) is 9.09. The standard InChI is InChI=1S/C14H17N3S2/c1-10(12-6-4-8-19-12)17(2)9-11-5-3-7-16-13(11)14(15)18/h3-8,10H,9H2,1-2H3,(H2,15,18). The predicted octanol–water partition coefficient (Wildman–Crippen LogP) is 2.97. The van der Waals surface area contributed by atoms with Crippen LogP contribution in [0.4, 0.5) is 0 Å². The van der Waals surface area contributed by atoms with E-state index in [1.54, 1.807) is 17.5 Å². The van der Waals surface area contributed by atoms with E-state index in [-0.39, 0.29) is 0 Å². The van der Waals surface area contributed by atoms with Gasteiger partial charge in [-0.25, -0.2) is 0 Å². The number of aromatic nitrogens is 1. The van der Waals surface area contributed by atoms with E-state index in [0.717, 1.165) is 17.8 Å². The fourth-order valence-electron chi connectivity index (χ4n) is 1.94. The van der Waals surface area contributed by atoms with Gasteiger partial charge in [0.1, 0.15) is 10.7 Å². The maximum atomic E-state index is 5.71. The van der Waals surface area contributed by atoms with Crippen LogP contribution in [0.1, 0.15) is 29.1 Å². The molecule has 1 unspecified atom stereocenters. The first-order valence-electron chi connectivity index (χ1n) is 6.07. The van der Waals surface area contributed by atoms with Gasteiger partial charge in [-0.05, 0) is 37.0 Å². The van der Waals surface area contributed by atoms with Gasteiger partial charge < -0.3 is 5.73 Å². The van der Waals surface area contributed by atoms with Crippen molar-refractivity contribution in [1.82, 2.24) is 9.88 Å². The Morgan fingerprint density at radius 2 is 2.26 bits per heavy atom. The molecule has 2 aromatic rings. The van der Waals surface area contributed by atoms with Gasteiger partial charge in [0.2, 0.25) is 0 Å². The Morgan fingerprint density at radius 1 is 1.47 bits per heavy atom. The second kappa shape index (κ2) is 6.23. The minimum atomic E-state index is 0.354. The summed E-state index contributed by atoms with van der Waals surface area (Å²) in [5, 5.41) is 2.10. The molecule has 3 nitrogen and oxygen atoms in total. The van der Waals surface area contributed by atoms with Gasteiger partial charge in [-0.2, -0.15) is 0 Å². The molecule has 1 atom stereocenters. The fraction of sp³-hybridized carbons (Fsp3) is 0.286. The molecule has 19 heavy (non-hydrogen) atoms. The van der Waals surface area contributed by atoms with Crippen molar-refractivity contribution < 1.29 is 0 Å². The van der Waals surface area contributed by atoms with E-state index in [1.807, 2.05) is 12.1 Å². The molecule has 2 aromatic heterocycles. The lowest BCUT2D eigenvalue weighted by Crippen LogP contribution is -2.24. The Labute approximate surface area is 123 Å². The van der Waals surface area contributed by atoms with E-state index in [9.17, 15) is 0 Å². The highest BCUT2D eigenvalue weighted by atomic mass is 32.1. The van der Waals surface area contributed by atoms with Gasteiger partial charge in [0, 0.05) is 23.7 Å². The number of nitrogens with two attached hydrogens (primary N) is 1. The van der Waals surface area contributed by atoms with E-state index in [4.69, 9.17) is 18.0 Å². The van der Waals surface area contributed by atoms with Crippen molar-refractivity contribution in [3.8, 4) is 0 Å². The minimum absolute atomic E-state index is 0.354. The van der Waals surface area contributed by atoms with Gasteiger partial charge in [-0.1, -0.05) is 24.4 Å². The molecule has 0 aliphatic rings. The summed E-state index contributed by atoms with van der Waals surface area (Å²) in [6.07, 6.45) is 1.72. The number of thiocarbonyl (C=S) groups is 1. The summed E-state index contributed by atoms with van der Waals surface area (Å²) in [7, 11) is 2.10. The van der Waals surface area contributed by atoms with Crippen molar-refractivity contribution in [2.45, 2.75) is 19.5 Å². The summed E-state index contributed by atoms with van der Waals surface area (Å²) < 4.78 is 0. The zero-order chi connectivity index (χ0) is 13.8. The molecule has 0 spiro atoms. The summed E-state index contributed by atoms with van der Waals surface area (Å²) in [4.78, 5) is 8.24. The first-order valence-corrected chi connectivity index (χ1v) is 7.35. The average molecular weight is 291 g/mol. The van der Waals surface area contributed by atoms with E-state index >= 15 is 0 Å². The highest BCUT2D eigenvalue weighted by Crippen LogP contribution is 2.25. The number of hydrogen-bond acceptors (Lipinski definition) is 4. The van der Waals surface area contributed by atoms with Crippen LogP contribution in [0.3, 0.4) is 0 Å². The number of pyridine rings is 1. The summed E-state index contributed by atoms with van der Waals surface area (Å²) >= 11 is 6.82. The predicted molar refractivity (Wildman–Crippen MR) is 84.3 cm³/mol. The van der Waals surface area contributed by atoms with Crippen LogP contribution in [0.5, 0.6) is 0 Å². The minimum Gasteiger partial charge on any atom is -0.388 e. The number of thiophene rings is 1. The second-order valence-corrected chi connectivity index (χ2v) is 5.90. The van der Waals surface area contributed by atoms with Crippen LogP contribution >= 0.6 is 23.6 Å². The van der Waals surface area contributed by atoms with E-state index in [0.29, 0.717) is 11.0 Å². The zero-order valence-corrected chi connectivity index (χ0v) is 12.7. The van der Waals surface area contributed by atoms with Crippen LogP contribution in [0.25, 0.3) is 0 Å². The van der Waals surface area contributed by atoms with Crippen molar-refractivity contribution in [3.63, 3.8) is 0 Å². The molecule has 100 valence electrons. The van der Waals surface area contributed by atoms with Gasteiger partial charge in [0.15, 0.2) is 0 Å². The fourth-order valence-corrected chi connectivity index (χ4v) is 2.97. The molecule has 2 heterocycles. The Bertz CT molecular complexity index is 552. The van der Waals surface area contributed by atoms with Crippen LogP contribution in [0.15, 0.2) is 35.8 Å². The van der Waals surface area contributed by atoms with Gasteiger partial charge in [0.25, 0.3) is 0 Å². The van der Waals surface area contributed by atoms with Crippen molar-refractivity contribution >= 4 is 28.5 Å². The Kier molecular flexibility index (Phi) is 4.63. The molecule has 0 saturated carbocycles. The van der Waals surface area contributed by atoms with E-state index < -0.39 is 0 Å². The largest absolute Gasteiger partial charge is 0.388 e. The molecule has 0 radical (unpaired) electrons. The molecule has 5 heteroatoms. The first kappa shape index (κ1) is 14.1. The lowest BCUT2D eigenvalue weighted by molar-refractivity contribution is 0.256. The average Bonchev–Trinajstić information content (AvgIpc) is 2.92. The number of nitrogens with zero attached hydrogens (tertiary/aromatic N) is 2. The van der Waals surface area contributed by atoms with Gasteiger partial charge >= 0.3 is 0 Å². The lowest BCUT2D eigenvalue weighted by atomic mass is 10.1. The summed E-state index contributed by atoms with van der Waals surface area (Å²) in [6, 6.07) is 8.54. The van der Waals surface area contributed by atoms with Crippen molar-refractivity contribution in [2.24, 2.45) is 5.73 Å². The maximum absolute atomic E-state index is 5.71. The molecular weight excluding hydrogens is 274 g/mol. The number of hydrogen-bond donors (Lipinski definition) is 1.